The van der Waals surface area contributed by atoms with Crippen LogP contribution in [0, 0.1) is 23.2 Å². The molecule has 0 amide bonds. The zero-order valence-electron chi connectivity index (χ0n) is 19.2. The van der Waals surface area contributed by atoms with Crippen molar-refractivity contribution in [3.8, 4) is 11.5 Å². The van der Waals surface area contributed by atoms with Gasteiger partial charge in [0.25, 0.3) is 0 Å². The van der Waals surface area contributed by atoms with E-state index in [-0.39, 0.29) is 29.3 Å². The van der Waals surface area contributed by atoms with Gasteiger partial charge in [-0.05, 0) is 42.7 Å². The standard InChI is InChI=1S/C26H34N2O4/c1-17-4-3-7-26(2)14-24-19(13-21(17)26)20(25(29)32-24)15-27-8-10-28(11-9-27)18-5-6-22-23(12-18)31-16-30-22/h5-6,12-13,17,19-20,24H,3-4,7-11,14-16H2,1-2H3/t17-,19+,20-,24+,26+/m0/s1. The normalized spacial score (nSPS) is 36.4. The Bertz CT molecular complexity index is 938. The van der Waals surface area contributed by atoms with Gasteiger partial charge in [0.15, 0.2) is 11.5 Å². The number of allylic oxidation sites excluding steroid dienone is 1. The van der Waals surface area contributed by atoms with E-state index < -0.39 is 0 Å². The zero-order valence-corrected chi connectivity index (χ0v) is 19.2. The molecule has 0 unspecified atom stereocenters. The average molecular weight is 439 g/mol. The maximum absolute atomic E-state index is 12.9. The van der Waals surface area contributed by atoms with Gasteiger partial charge in [-0.25, -0.2) is 0 Å². The van der Waals surface area contributed by atoms with E-state index in [1.807, 2.05) is 6.07 Å². The van der Waals surface area contributed by atoms with Crippen LogP contribution in [-0.4, -0.2) is 56.5 Å². The molecule has 0 radical (unpaired) electrons. The Morgan fingerprint density at radius 2 is 1.94 bits per heavy atom. The van der Waals surface area contributed by atoms with Crippen LogP contribution < -0.4 is 14.4 Å². The van der Waals surface area contributed by atoms with E-state index in [2.05, 4.69) is 41.9 Å². The average Bonchev–Trinajstić information content (AvgIpc) is 3.36. The summed E-state index contributed by atoms with van der Waals surface area (Å²) in [5, 5.41) is 0. The molecule has 0 N–H and O–H groups in total. The molecule has 2 saturated heterocycles. The van der Waals surface area contributed by atoms with Crippen LogP contribution >= 0.6 is 0 Å². The van der Waals surface area contributed by atoms with E-state index in [9.17, 15) is 4.79 Å². The van der Waals surface area contributed by atoms with Crippen LogP contribution in [0.5, 0.6) is 11.5 Å². The second kappa shape index (κ2) is 7.68. The van der Waals surface area contributed by atoms with Crippen LogP contribution in [0.2, 0.25) is 0 Å². The van der Waals surface area contributed by atoms with Gasteiger partial charge in [0.1, 0.15) is 6.10 Å². The highest BCUT2D eigenvalue weighted by Crippen LogP contribution is 2.54. The fourth-order valence-electron chi connectivity index (χ4n) is 6.81. The molecular formula is C26H34N2O4. The highest BCUT2D eigenvalue weighted by Gasteiger charge is 2.52. The molecule has 0 aromatic heterocycles. The summed E-state index contributed by atoms with van der Waals surface area (Å²) in [6.07, 6.45) is 7.35. The maximum atomic E-state index is 12.9. The first-order valence-electron chi connectivity index (χ1n) is 12.3. The van der Waals surface area contributed by atoms with Crippen LogP contribution in [-0.2, 0) is 9.53 Å². The van der Waals surface area contributed by atoms with E-state index in [1.165, 1.54) is 24.9 Å². The molecule has 6 rings (SSSR count). The molecule has 172 valence electrons. The maximum Gasteiger partial charge on any atom is 0.311 e. The van der Waals surface area contributed by atoms with Gasteiger partial charge in [-0.15, -0.1) is 0 Å². The lowest BCUT2D eigenvalue weighted by atomic mass is 9.59. The third-order valence-corrected chi connectivity index (χ3v) is 8.63. The largest absolute Gasteiger partial charge is 0.461 e. The number of fused-ring (bicyclic) bond motifs is 3. The first-order chi connectivity index (χ1) is 15.5. The van der Waals surface area contributed by atoms with Crippen molar-refractivity contribution in [1.29, 1.82) is 0 Å². The lowest BCUT2D eigenvalue weighted by Crippen LogP contribution is -2.49. The Morgan fingerprint density at radius 3 is 2.78 bits per heavy atom. The number of anilines is 1. The summed E-state index contributed by atoms with van der Waals surface area (Å²) in [6.45, 7) is 9.69. The first kappa shape index (κ1) is 20.4. The molecule has 3 aliphatic heterocycles. The van der Waals surface area contributed by atoms with Crippen LogP contribution in [0.25, 0.3) is 0 Å². The molecular weight excluding hydrogens is 404 g/mol. The number of rotatable bonds is 3. The fraction of sp³-hybridized carbons (Fsp3) is 0.654. The van der Waals surface area contributed by atoms with Crippen molar-refractivity contribution in [2.45, 2.75) is 45.6 Å². The van der Waals surface area contributed by atoms with Gasteiger partial charge in [-0.3, -0.25) is 9.69 Å². The number of piperazine rings is 1. The molecule has 32 heavy (non-hydrogen) atoms. The molecule has 2 aliphatic carbocycles. The second-order valence-electron chi connectivity index (χ2n) is 10.7. The van der Waals surface area contributed by atoms with Crippen LogP contribution in [0.4, 0.5) is 5.69 Å². The SMILES string of the molecule is C[C@H]1CCC[C@]2(C)C[C@H]3OC(=O)[C@@H](CN4CCN(c5ccc6c(c5)OCO6)CC4)[C@H]3C=C12. The number of ether oxygens (including phenoxy) is 3. The Labute approximate surface area is 190 Å². The van der Waals surface area contributed by atoms with Gasteiger partial charge >= 0.3 is 5.97 Å². The van der Waals surface area contributed by atoms with Crippen molar-refractivity contribution in [1.82, 2.24) is 4.90 Å². The Balaban J connectivity index is 1.12. The van der Waals surface area contributed by atoms with Crippen molar-refractivity contribution in [3.05, 3.63) is 29.8 Å². The van der Waals surface area contributed by atoms with Crippen molar-refractivity contribution in [2.24, 2.45) is 23.2 Å². The highest BCUT2D eigenvalue weighted by molar-refractivity contribution is 5.76. The molecule has 3 fully saturated rings. The summed E-state index contributed by atoms with van der Waals surface area (Å²) in [6, 6.07) is 6.18. The van der Waals surface area contributed by atoms with E-state index in [4.69, 9.17) is 14.2 Å². The fourth-order valence-corrected chi connectivity index (χ4v) is 6.81. The number of esters is 1. The minimum atomic E-state index is -0.0248. The summed E-state index contributed by atoms with van der Waals surface area (Å²) in [4.78, 5) is 17.7. The first-order valence-corrected chi connectivity index (χ1v) is 12.3. The Kier molecular flexibility index (Phi) is 4.90. The molecule has 5 atom stereocenters. The van der Waals surface area contributed by atoms with Crippen molar-refractivity contribution < 1.29 is 19.0 Å². The van der Waals surface area contributed by atoms with E-state index >= 15 is 0 Å². The summed E-state index contributed by atoms with van der Waals surface area (Å²) >= 11 is 0. The summed E-state index contributed by atoms with van der Waals surface area (Å²) < 4.78 is 16.9. The third kappa shape index (κ3) is 3.38. The van der Waals surface area contributed by atoms with E-state index in [0.717, 1.165) is 50.6 Å². The van der Waals surface area contributed by atoms with Gasteiger partial charge in [-0.1, -0.05) is 31.9 Å². The molecule has 0 spiro atoms. The predicted molar refractivity (Wildman–Crippen MR) is 122 cm³/mol. The van der Waals surface area contributed by atoms with E-state index in [1.54, 1.807) is 5.57 Å². The van der Waals surface area contributed by atoms with Crippen LogP contribution in [0.3, 0.4) is 0 Å². The molecule has 1 saturated carbocycles. The number of nitrogens with zero attached hydrogens (tertiary/aromatic N) is 2. The highest BCUT2D eigenvalue weighted by atomic mass is 16.7. The van der Waals surface area contributed by atoms with Gasteiger partial charge in [0.2, 0.25) is 6.79 Å². The smallest absolute Gasteiger partial charge is 0.311 e. The van der Waals surface area contributed by atoms with E-state index in [0.29, 0.717) is 12.7 Å². The minimum Gasteiger partial charge on any atom is -0.461 e. The van der Waals surface area contributed by atoms with Crippen molar-refractivity contribution in [2.75, 3.05) is 44.4 Å². The summed E-state index contributed by atoms with van der Waals surface area (Å²) in [7, 11) is 0. The molecule has 3 heterocycles. The van der Waals surface area contributed by atoms with Gasteiger partial charge < -0.3 is 19.1 Å². The summed E-state index contributed by atoms with van der Waals surface area (Å²) in [5.74, 6) is 2.54. The quantitative estimate of drug-likeness (QED) is 0.528. The Morgan fingerprint density at radius 1 is 1.12 bits per heavy atom. The second-order valence-corrected chi connectivity index (χ2v) is 10.7. The lowest BCUT2D eigenvalue weighted by molar-refractivity contribution is -0.145. The molecule has 0 bridgehead atoms. The number of hydrogen-bond acceptors (Lipinski definition) is 6. The lowest BCUT2D eigenvalue weighted by Gasteiger charge is -2.46. The van der Waals surface area contributed by atoms with Crippen molar-refractivity contribution in [3.63, 3.8) is 0 Å². The molecule has 6 heteroatoms. The minimum absolute atomic E-state index is 0.0185. The van der Waals surface area contributed by atoms with Gasteiger partial charge in [-0.2, -0.15) is 0 Å². The van der Waals surface area contributed by atoms with Gasteiger partial charge in [0.05, 0.1) is 5.92 Å². The van der Waals surface area contributed by atoms with Gasteiger partial charge in [0, 0.05) is 50.4 Å². The molecule has 1 aromatic rings. The summed E-state index contributed by atoms with van der Waals surface area (Å²) in [5.41, 5.74) is 3.00. The predicted octanol–water partition coefficient (Wildman–Crippen LogP) is 3.85. The number of benzene rings is 1. The number of carbonyl (C=O) groups is 1. The zero-order chi connectivity index (χ0) is 21.9. The number of carbonyl (C=O) groups excluding carboxylic acids is 1. The monoisotopic (exact) mass is 438 g/mol. The molecule has 1 aromatic carbocycles. The number of hydrogen-bond donors (Lipinski definition) is 0. The molecule has 6 nitrogen and oxygen atoms in total. The Hall–Kier alpha value is -2.21. The van der Waals surface area contributed by atoms with Crippen molar-refractivity contribution >= 4 is 11.7 Å². The van der Waals surface area contributed by atoms with Crippen LogP contribution in [0.1, 0.15) is 39.5 Å². The topological polar surface area (TPSA) is 51.2 Å². The molecule has 5 aliphatic rings. The third-order valence-electron chi connectivity index (χ3n) is 8.63. The van der Waals surface area contributed by atoms with Crippen LogP contribution in [0.15, 0.2) is 29.8 Å².